The predicted molar refractivity (Wildman–Crippen MR) is 88.3 cm³/mol. The number of hydrogen-bond acceptors (Lipinski definition) is 2. The van der Waals surface area contributed by atoms with Crippen LogP contribution in [0.2, 0.25) is 0 Å². The zero-order valence-corrected chi connectivity index (χ0v) is 12.8. The van der Waals surface area contributed by atoms with Crippen molar-refractivity contribution in [1.82, 2.24) is 0 Å². The molecule has 3 N–H and O–H groups in total. The lowest BCUT2D eigenvalue weighted by Gasteiger charge is -2.23. The largest absolute Gasteiger partial charge is 0.399 e. The summed E-state index contributed by atoms with van der Waals surface area (Å²) in [6.07, 6.45) is 0.323. The summed E-state index contributed by atoms with van der Waals surface area (Å²) in [7, 11) is 0. The van der Waals surface area contributed by atoms with Gasteiger partial charge in [-0.15, -0.1) is 0 Å². The van der Waals surface area contributed by atoms with E-state index in [0.29, 0.717) is 12.1 Å². The van der Waals surface area contributed by atoms with Crippen molar-refractivity contribution in [1.29, 1.82) is 0 Å². The standard InChI is InChI=1S/C18H22N2O/c1-18(2,3)15-9-4-5-10-16(15)20-17(21)12-13-7-6-8-14(19)11-13/h4-11H,12,19H2,1-3H3,(H,20,21). The predicted octanol–water partition coefficient (Wildman–Crippen LogP) is 3.75. The highest BCUT2D eigenvalue weighted by Gasteiger charge is 2.18. The SMILES string of the molecule is CC(C)(C)c1ccccc1NC(=O)Cc1cccc(N)c1. The summed E-state index contributed by atoms with van der Waals surface area (Å²) in [6.45, 7) is 6.40. The van der Waals surface area contributed by atoms with Crippen molar-refractivity contribution in [2.75, 3.05) is 11.1 Å². The molecule has 0 saturated heterocycles. The number of para-hydroxylation sites is 1. The molecule has 0 atom stereocenters. The van der Waals surface area contributed by atoms with Crippen molar-refractivity contribution in [2.24, 2.45) is 0 Å². The van der Waals surface area contributed by atoms with Crippen molar-refractivity contribution in [2.45, 2.75) is 32.6 Å². The van der Waals surface area contributed by atoms with Gasteiger partial charge in [0.05, 0.1) is 6.42 Å². The molecule has 2 aromatic carbocycles. The first-order valence-corrected chi connectivity index (χ1v) is 7.10. The minimum Gasteiger partial charge on any atom is -0.399 e. The summed E-state index contributed by atoms with van der Waals surface area (Å²) in [5.41, 5.74) is 9.32. The minimum atomic E-state index is -0.0303. The molecule has 0 aliphatic carbocycles. The molecule has 0 heterocycles. The Morgan fingerprint density at radius 3 is 2.48 bits per heavy atom. The third kappa shape index (κ3) is 4.09. The van der Waals surface area contributed by atoms with Gasteiger partial charge in [-0.05, 0) is 34.7 Å². The van der Waals surface area contributed by atoms with Crippen LogP contribution in [-0.2, 0) is 16.6 Å². The Morgan fingerprint density at radius 2 is 1.81 bits per heavy atom. The Labute approximate surface area is 126 Å². The zero-order valence-electron chi connectivity index (χ0n) is 12.8. The van der Waals surface area contributed by atoms with Crippen LogP contribution in [0, 0.1) is 0 Å². The number of amides is 1. The van der Waals surface area contributed by atoms with E-state index < -0.39 is 0 Å². The molecule has 3 nitrogen and oxygen atoms in total. The quantitative estimate of drug-likeness (QED) is 0.842. The summed E-state index contributed by atoms with van der Waals surface area (Å²) in [5.74, 6) is -0.0303. The Morgan fingerprint density at radius 1 is 1.10 bits per heavy atom. The fourth-order valence-electron chi connectivity index (χ4n) is 2.33. The molecule has 0 aliphatic heterocycles. The molecule has 0 bridgehead atoms. The van der Waals surface area contributed by atoms with Crippen LogP contribution in [0.1, 0.15) is 31.9 Å². The van der Waals surface area contributed by atoms with Crippen molar-refractivity contribution in [3.05, 3.63) is 59.7 Å². The summed E-state index contributed by atoms with van der Waals surface area (Å²) in [4.78, 5) is 12.2. The molecule has 2 rings (SSSR count). The van der Waals surface area contributed by atoms with Crippen LogP contribution < -0.4 is 11.1 Å². The number of hydrogen-bond donors (Lipinski definition) is 2. The molecule has 3 heteroatoms. The third-order valence-electron chi connectivity index (χ3n) is 3.32. The van der Waals surface area contributed by atoms with Crippen molar-refractivity contribution >= 4 is 17.3 Å². The first-order chi connectivity index (χ1) is 9.86. The molecule has 2 aromatic rings. The Hall–Kier alpha value is -2.29. The van der Waals surface area contributed by atoms with Gasteiger partial charge in [0.1, 0.15) is 0 Å². The maximum absolute atomic E-state index is 12.2. The highest BCUT2D eigenvalue weighted by Crippen LogP contribution is 2.29. The lowest BCUT2D eigenvalue weighted by Crippen LogP contribution is -2.19. The summed E-state index contributed by atoms with van der Waals surface area (Å²) in [6, 6.07) is 15.3. The molecular formula is C18H22N2O. The van der Waals surface area contributed by atoms with Crippen LogP contribution in [0.5, 0.6) is 0 Å². The van der Waals surface area contributed by atoms with Crippen LogP contribution in [0.15, 0.2) is 48.5 Å². The first kappa shape index (κ1) is 15.1. The molecular weight excluding hydrogens is 260 g/mol. The van der Waals surface area contributed by atoms with Crippen LogP contribution in [0.4, 0.5) is 11.4 Å². The number of anilines is 2. The van der Waals surface area contributed by atoms with Gasteiger partial charge in [0.15, 0.2) is 0 Å². The first-order valence-electron chi connectivity index (χ1n) is 7.10. The van der Waals surface area contributed by atoms with Crippen molar-refractivity contribution in [3.63, 3.8) is 0 Å². The van der Waals surface area contributed by atoms with Crippen LogP contribution in [0.25, 0.3) is 0 Å². The van der Waals surface area contributed by atoms with Gasteiger partial charge in [0, 0.05) is 11.4 Å². The average Bonchev–Trinajstić information content (AvgIpc) is 2.37. The molecule has 0 unspecified atom stereocenters. The number of nitrogens with two attached hydrogens (primary N) is 1. The molecule has 0 aliphatic rings. The molecule has 1 amide bonds. The molecule has 0 spiro atoms. The fourth-order valence-corrected chi connectivity index (χ4v) is 2.33. The summed E-state index contributed by atoms with van der Waals surface area (Å²) >= 11 is 0. The fraction of sp³-hybridized carbons (Fsp3) is 0.278. The average molecular weight is 282 g/mol. The summed E-state index contributed by atoms with van der Waals surface area (Å²) in [5, 5.41) is 3.01. The van der Waals surface area contributed by atoms with Crippen molar-refractivity contribution < 1.29 is 4.79 Å². The number of rotatable bonds is 3. The number of carbonyl (C=O) groups is 1. The van der Waals surface area contributed by atoms with Gasteiger partial charge in [0.2, 0.25) is 5.91 Å². The van der Waals surface area contributed by atoms with Crippen LogP contribution in [0.3, 0.4) is 0 Å². The van der Waals surface area contributed by atoms with Gasteiger partial charge < -0.3 is 11.1 Å². The van der Waals surface area contributed by atoms with E-state index >= 15 is 0 Å². The Bertz CT molecular complexity index is 642. The molecule has 21 heavy (non-hydrogen) atoms. The van der Waals surface area contributed by atoms with Crippen LogP contribution >= 0.6 is 0 Å². The number of carbonyl (C=O) groups excluding carboxylic acids is 1. The number of nitrogens with one attached hydrogen (secondary N) is 1. The molecule has 0 aromatic heterocycles. The van der Waals surface area contributed by atoms with Gasteiger partial charge >= 0.3 is 0 Å². The molecule has 0 radical (unpaired) electrons. The minimum absolute atomic E-state index is 0.0128. The van der Waals surface area contributed by atoms with E-state index in [4.69, 9.17) is 5.73 Å². The van der Waals surface area contributed by atoms with Gasteiger partial charge in [0.25, 0.3) is 0 Å². The number of nitrogen functional groups attached to an aromatic ring is 1. The maximum Gasteiger partial charge on any atom is 0.228 e. The van der Waals surface area contributed by atoms with E-state index in [1.54, 1.807) is 0 Å². The Balaban J connectivity index is 2.14. The normalized spacial score (nSPS) is 11.2. The lowest BCUT2D eigenvalue weighted by molar-refractivity contribution is -0.115. The smallest absolute Gasteiger partial charge is 0.228 e. The summed E-state index contributed by atoms with van der Waals surface area (Å²) < 4.78 is 0. The second-order valence-electron chi connectivity index (χ2n) is 6.27. The van der Waals surface area contributed by atoms with Crippen molar-refractivity contribution in [3.8, 4) is 0 Å². The van der Waals surface area contributed by atoms with Gasteiger partial charge in [-0.1, -0.05) is 51.1 Å². The van der Waals surface area contributed by atoms with Gasteiger partial charge in [-0.3, -0.25) is 4.79 Å². The van der Waals surface area contributed by atoms with E-state index in [9.17, 15) is 4.79 Å². The lowest BCUT2D eigenvalue weighted by atomic mass is 9.86. The van der Waals surface area contributed by atoms with E-state index in [1.165, 1.54) is 0 Å². The topological polar surface area (TPSA) is 55.1 Å². The highest BCUT2D eigenvalue weighted by atomic mass is 16.1. The van der Waals surface area contributed by atoms with E-state index in [0.717, 1.165) is 16.8 Å². The molecule has 0 saturated carbocycles. The van der Waals surface area contributed by atoms with E-state index in [-0.39, 0.29) is 11.3 Å². The molecule has 110 valence electrons. The monoisotopic (exact) mass is 282 g/mol. The Kier molecular flexibility index (Phi) is 4.32. The van der Waals surface area contributed by atoms with Gasteiger partial charge in [-0.25, -0.2) is 0 Å². The zero-order chi connectivity index (χ0) is 15.5. The highest BCUT2D eigenvalue weighted by molar-refractivity contribution is 5.93. The maximum atomic E-state index is 12.2. The third-order valence-corrected chi connectivity index (χ3v) is 3.32. The molecule has 0 fully saturated rings. The number of benzene rings is 2. The van der Waals surface area contributed by atoms with Crippen LogP contribution in [-0.4, -0.2) is 5.91 Å². The second-order valence-corrected chi connectivity index (χ2v) is 6.27. The van der Waals surface area contributed by atoms with Gasteiger partial charge in [-0.2, -0.15) is 0 Å². The van der Waals surface area contributed by atoms with E-state index in [2.05, 4.69) is 32.2 Å². The van der Waals surface area contributed by atoms with E-state index in [1.807, 2.05) is 42.5 Å². The second kappa shape index (κ2) is 6.00.